The number of thiophene rings is 1. The number of nitrogens with two attached hydrogens (primary N) is 1. The SMILES string of the molecule is Cc1csc2c(N(C)C(CN)C3CC3)ncnc12. The van der Waals surface area contributed by atoms with Crippen molar-refractivity contribution in [3.63, 3.8) is 0 Å². The van der Waals surface area contributed by atoms with Gasteiger partial charge in [0.15, 0.2) is 0 Å². The molecule has 1 fully saturated rings. The number of rotatable bonds is 4. The fourth-order valence-electron chi connectivity index (χ4n) is 2.51. The maximum Gasteiger partial charge on any atom is 0.150 e. The number of hydrogen-bond donors (Lipinski definition) is 1. The average molecular weight is 262 g/mol. The minimum absolute atomic E-state index is 0.408. The molecule has 2 aromatic heterocycles. The predicted octanol–water partition coefficient (Wildman–Crippen LogP) is 2.17. The highest BCUT2D eigenvalue weighted by Crippen LogP contribution is 2.38. The van der Waals surface area contributed by atoms with Gasteiger partial charge < -0.3 is 10.6 Å². The maximum absolute atomic E-state index is 5.92. The summed E-state index contributed by atoms with van der Waals surface area (Å²) in [4.78, 5) is 11.1. The number of aromatic nitrogens is 2. The second kappa shape index (κ2) is 4.48. The molecule has 4 nitrogen and oxygen atoms in total. The molecule has 0 spiro atoms. The Labute approximate surface area is 111 Å². The van der Waals surface area contributed by atoms with Gasteiger partial charge in [-0.2, -0.15) is 0 Å². The zero-order valence-electron chi connectivity index (χ0n) is 10.8. The van der Waals surface area contributed by atoms with Gasteiger partial charge in [-0.3, -0.25) is 0 Å². The summed E-state index contributed by atoms with van der Waals surface area (Å²) in [5.41, 5.74) is 8.22. The Morgan fingerprint density at radius 3 is 2.94 bits per heavy atom. The molecular formula is C13H18N4S. The molecule has 96 valence electrons. The van der Waals surface area contributed by atoms with Crippen molar-refractivity contribution in [3.8, 4) is 0 Å². The van der Waals surface area contributed by atoms with Crippen LogP contribution in [-0.4, -0.2) is 29.6 Å². The monoisotopic (exact) mass is 262 g/mol. The maximum atomic E-state index is 5.92. The van der Waals surface area contributed by atoms with Crippen molar-refractivity contribution in [2.75, 3.05) is 18.5 Å². The first-order chi connectivity index (χ1) is 8.72. The van der Waals surface area contributed by atoms with E-state index in [1.54, 1.807) is 17.7 Å². The average Bonchev–Trinajstić information content (AvgIpc) is 3.14. The summed E-state index contributed by atoms with van der Waals surface area (Å²) in [6.07, 6.45) is 4.25. The molecule has 3 rings (SSSR count). The number of anilines is 1. The smallest absolute Gasteiger partial charge is 0.150 e. The van der Waals surface area contributed by atoms with E-state index < -0.39 is 0 Å². The molecule has 1 aliphatic rings. The zero-order chi connectivity index (χ0) is 12.7. The fourth-order valence-corrected chi connectivity index (χ4v) is 3.55. The van der Waals surface area contributed by atoms with Crippen LogP contribution in [0.4, 0.5) is 5.82 Å². The molecule has 0 saturated heterocycles. The van der Waals surface area contributed by atoms with Crippen LogP contribution in [0.5, 0.6) is 0 Å². The largest absolute Gasteiger partial charge is 0.354 e. The van der Waals surface area contributed by atoms with Crippen molar-refractivity contribution >= 4 is 27.4 Å². The lowest BCUT2D eigenvalue weighted by atomic mass is 10.1. The molecule has 2 N–H and O–H groups in total. The van der Waals surface area contributed by atoms with E-state index in [0.29, 0.717) is 12.6 Å². The lowest BCUT2D eigenvalue weighted by Crippen LogP contribution is -2.40. The fraction of sp³-hybridized carbons (Fsp3) is 0.538. The van der Waals surface area contributed by atoms with Crippen molar-refractivity contribution in [2.24, 2.45) is 11.7 Å². The first-order valence-corrected chi connectivity index (χ1v) is 7.22. The molecule has 1 atom stereocenters. The van der Waals surface area contributed by atoms with Crippen LogP contribution in [0.15, 0.2) is 11.7 Å². The molecule has 1 unspecified atom stereocenters. The van der Waals surface area contributed by atoms with Crippen molar-refractivity contribution in [1.29, 1.82) is 0 Å². The minimum atomic E-state index is 0.408. The number of hydrogen-bond acceptors (Lipinski definition) is 5. The lowest BCUT2D eigenvalue weighted by molar-refractivity contribution is 0.567. The van der Waals surface area contributed by atoms with E-state index >= 15 is 0 Å². The summed E-state index contributed by atoms with van der Waals surface area (Å²) in [5, 5.41) is 2.14. The molecule has 0 aromatic carbocycles. The van der Waals surface area contributed by atoms with Crippen LogP contribution >= 0.6 is 11.3 Å². The quantitative estimate of drug-likeness (QED) is 0.917. The van der Waals surface area contributed by atoms with Crippen LogP contribution in [0.1, 0.15) is 18.4 Å². The lowest BCUT2D eigenvalue weighted by Gasteiger charge is -2.28. The van der Waals surface area contributed by atoms with E-state index in [2.05, 4.69) is 34.2 Å². The highest BCUT2D eigenvalue weighted by molar-refractivity contribution is 7.18. The van der Waals surface area contributed by atoms with Crippen LogP contribution < -0.4 is 10.6 Å². The molecule has 0 radical (unpaired) electrons. The van der Waals surface area contributed by atoms with Gasteiger partial charge in [0.25, 0.3) is 0 Å². The van der Waals surface area contributed by atoms with Gasteiger partial charge in [0, 0.05) is 19.6 Å². The van der Waals surface area contributed by atoms with Crippen molar-refractivity contribution in [2.45, 2.75) is 25.8 Å². The third-order valence-electron chi connectivity index (χ3n) is 3.75. The first-order valence-electron chi connectivity index (χ1n) is 6.34. The normalized spacial score (nSPS) is 17.1. The van der Waals surface area contributed by atoms with E-state index in [4.69, 9.17) is 5.73 Å². The molecule has 18 heavy (non-hydrogen) atoms. The summed E-state index contributed by atoms with van der Waals surface area (Å²) in [6, 6.07) is 0.408. The third kappa shape index (κ3) is 1.87. The van der Waals surface area contributed by atoms with Gasteiger partial charge in [-0.15, -0.1) is 11.3 Å². The van der Waals surface area contributed by atoms with Crippen LogP contribution in [0.2, 0.25) is 0 Å². The van der Waals surface area contributed by atoms with Crippen LogP contribution in [-0.2, 0) is 0 Å². The number of likely N-dealkylation sites (N-methyl/N-ethyl adjacent to an activating group) is 1. The van der Waals surface area contributed by atoms with Gasteiger partial charge in [0.1, 0.15) is 12.1 Å². The Morgan fingerprint density at radius 1 is 1.50 bits per heavy atom. The molecule has 1 saturated carbocycles. The zero-order valence-corrected chi connectivity index (χ0v) is 11.6. The highest BCUT2D eigenvalue weighted by atomic mass is 32.1. The Bertz CT molecular complexity index is 561. The highest BCUT2D eigenvalue weighted by Gasteiger charge is 2.34. The Kier molecular flexibility index (Phi) is 2.95. The van der Waals surface area contributed by atoms with Crippen molar-refractivity contribution in [3.05, 3.63) is 17.3 Å². The summed E-state index contributed by atoms with van der Waals surface area (Å²) in [7, 11) is 2.10. The van der Waals surface area contributed by atoms with E-state index in [9.17, 15) is 0 Å². The summed E-state index contributed by atoms with van der Waals surface area (Å²) < 4.78 is 1.18. The Hall–Kier alpha value is -1.20. The Balaban J connectivity index is 2.02. The van der Waals surface area contributed by atoms with Gasteiger partial charge >= 0.3 is 0 Å². The molecule has 5 heteroatoms. The summed E-state index contributed by atoms with van der Waals surface area (Å²) in [6.45, 7) is 2.79. The first kappa shape index (κ1) is 11.9. The van der Waals surface area contributed by atoms with Crippen LogP contribution in [0.25, 0.3) is 10.2 Å². The molecule has 2 aromatic rings. The van der Waals surface area contributed by atoms with E-state index in [-0.39, 0.29) is 0 Å². The second-order valence-electron chi connectivity index (χ2n) is 5.05. The molecular weight excluding hydrogens is 244 g/mol. The number of fused-ring (bicyclic) bond motifs is 1. The van der Waals surface area contributed by atoms with E-state index in [1.807, 2.05) is 0 Å². The third-order valence-corrected chi connectivity index (χ3v) is 4.83. The predicted molar refractivity (Wildman–Crippen MR) is 76.1 cm³/mol. The minimum Gasteiger partial charge on any atom is -0.354 e. The van der Waals surface area contributed by atoms with Crippen molar-refractivity contribution < 1.29 is 0 Å². The standard InChI is InChI=1S/C13H18N4S/c1-8-6-18-12-11(8)15-7-16-13(12)17(2)10(5-14)9-3-4-9/h6-7,9-10H,3-5,14H2,1-2H3. The number of aryl methyl sites for hydroxylation is 1. The van der Waals surface area contributed by atoms with Gasteiger partial charge in [-0.05, 0) is 36.6 Å². The second-order valence-corrected chi connectivity index (χ2v) is 5.92. The molecule has 0 amide bonds. The van der Waals surface area contributed by atoms with Gasteiger partial charge in [-0.25, -0.2) is 9.97 Å². The number of nitrogens with zero attached hydrogens (tertiary/aromatic N) is 3. The van der Waals surface area contributed by atoms with Crippen molar-refractivity contribution in [1.82, 2.24) is 9.97 Å². The topological polar surface area (TPSA) is 55.0 Å². The Morgan fingerprint density at radius 2 is 2.28 bits per heavy atom. The van der Waals surface area contributed by atoms with Crippen LogP contribution in [0.3, 0.4) is 0 Å². The van der Waals surface area contributed by atoms with Gasteiger partial charge in [-0.1, -0.05) is 0 Å². The molecule has 0 aliphatic heterocycles. The summed E-state index contributed by atoms with van der Waals surface area (Å²) >= 11 is 1.72. The molecule has 0 bridgehead atoms. The van der Waals surface area contributed by atoms with Gasteiger partial charge in [0.2, 0.25) is 0 Å². The van der Waals surface area contributed by atoms with Gasteiger partial charge in [0.05, 0.1) is 10.2 Å². The van der Waals surface area contributed by atoms with Crippen LogP contribution in [0, 0.1) is 12.8 Å². The molecule has 1 aliphatic carbocycles. The molecule has 2 heterocycles. The van der Waals surface area contributed by atoms with E-state index in [0.717, 1.165) is 17.3 Å². The summed E-state index contributed by atoms with van der Waals surface area (Å²) in [5.74, 6) is 1.77. The van der Waals surface area contributed by atoms with E-state index in [1.165, 1.54) is 23.1 Å².